The summed E-state index contributed by atoms with van der Waals surface area (Å²) in [5.74, 6) is -0.837. The predicted molar refractivity (Wildman–Crippen MR) is 78.3 cm³/mol. The highest BCUT2D eigenvalue weighted by atomic mass is 16.5. The number of carboxylic acids is 1. The van der Waals surface area contributed by atoms with Gasteiger partial charge in [0, 0.05) is 19.1 Å². The van der Waals surface area contributed by atoms with E-state index in [1.54, 1.807) is 18.2 Å². The molecule has 0 radical (unpaired) electrons. The third-order valence-electron chi connectivity index (χ3n) is 3.74. The van der Waals surface area contributed by atoms with E-state index in [0.717, 1.165) is 18.4 Å². The van der Waals surface area contributed by atoms with Crippen molar-refractivity contribution in [3.05, 3.63) is 35.4 Å². The number of ether oxygens (including phenoxy) is 1. The standard InChI is InChI=1S/C16H21NO4/c1-11-9-13(6-8-21-11)15(18)17-7-5-12-3-2-4-14(10-12)16(19)20/h2-4,10-11,13H,5-9H2,1H3,(H,17,18)(H,19,20). The van der Waals surface area contributed by atoms with Crippen molar-refractivity contribution in [2.24, 2.45) is 5.92 Å². The van der Waals surface area contributed by atoms with Crippen LogP contribution in [0, 0.1) is 5.92 Å². The summed E-state index contributed by atoms with van der Waals surface area (Å²) in [4.78, 5) is 22.9. The molecule has 1 aromatic rings. The highest BCUT2D eigenvalue weighted by molar-refractivity contribution is 5.87. The van der Waals surface area contributed by atoms with E-state index in [-0.39, 0.29) is 23.5 Å². The van der Waals surface area contributed by atoms with Gasteiger partial charge in [0.1, 0.15) is 0 Å². The number of carbonyl (C=O) groups is 2. The maximum Gasteiger partial charge on any atom is 0.335 e. The lowest BCUT2D eigenvalue weighted by atomic mass is 9.95. The quantitative estimate of drug-likeness (QED) is 0.868. The summed E-state index contributed by atoms with van der Waals surface area (Å²) in [6.07, 6.45) is 2.30. The average molecular weight is 291 g/mol. The van der Waals surface area contributed by atoms with Crippen LogP contribution in [0.15, 0.2) is 24.3 Å². The molecule has 21 heavy (non-hydrogen) atoms. The Morgan fingerprint density at radius 3 is 2.95 bits per heavy atom. The second-order valence-electron chi connectivity index (χ2n) is 5.45. The van der Waals surface area contributed by atoms with Gasteiger partial charge in [-0.3, -0.25) is 4.79 Å². The molecule has 1 saturated heterocycles. The van der Waals surface area contributed by atoms with Crippen molar-refractivity contribution < 1.29 is 19.4 Å². The van der Waals surface area contributed by atoms with Crippen LogP contribution in [0.5, 0.6) is 0 Å². The van der Waals surface area contributed by atoms with Gasteiger partial charge < -0.3 is 15.2 Å². The van der Waals surface area contributed by atoms with Crippen LogP contribution in [0.4, 0.5) is 0 Å². The van der Waals surface area contributed by atoms with E-state index in [0.29, 0.717) is 19.6 Å². The molecular formula is C16H21NO4. The number of amides is 1. The summed E-state index contributed by atoms with van der Waals surface area (Å²) >= 11 is 0. The summed E-state index contributed by atoms with van der Waals surface area (Å²) < 4.78 is 5.43. The normalized spacial score (nSPS) is 21.8. The van der Waals surface area contributed by atoms with Gasteiger partial charge in [-0.1, -0.05) is 12.1 Å². The molecule has 1 aliphatic rings. The van der Waals surface area contributed by atoms with Crippen molar-refractivity contribution in [1.29, 1.82) is 0 Å². The molecule has 0 aliphatic carbocycles. The van der Waals surface area contributed by atoms with Crippen molar-refractivity contribution in [1.82, 2.24) is 5.32 Å². The molecule has 114 valence electrons. The van der Waals surface area contributed by atoms with Crippen LogP contribution in [-0.2, 0) is 16.0 Å². The first kappa shape index (κ1) is 15.5. The van der Waals surface area contributed by atoms with Crippen molar-refractivity contribution in [3.8, 4) is 0 Å². The van der Waals surface area contributed by atoms with E-state index in [9.17, 15) is 9.59 Å². The highest BCUT2D eigenvalue weighted by Gasteiger charge is 2.25. The zero-order chi connectivity index (χ0) is 15.2. The van der Waals surface area contributed by atoms with Gasteiger partial charge in [-0.2, -0.15) is 0 Å². The minimum absolute atomic E-state index is 0.0269. The Bertz CT molecular complexity index is 515. The van der Waals surface area contributed by atoms with E-state index in [1.807, 2.05) is 13.0 Å². The molecule has 0 bridgehead atoms. The van der Waals surface area contributed by atoms with Crippen LogP contribution in [0.25, 0.3) is 0 Å². The minimum atomic E-state index is -0.933. The zero-order valence-corrected chi connectivity index (χ0v) is 12.2. The lowest BCUT2D eigenvalue weighted by Gasteiger charge is -2.26. The van der Waals surface area contributed by atoms with Crippen molar-refractivity contribution in [2.75, 3.05) is 13.2 Å². The number of aromatic carboxylic acids is 1. The number of hydrogen-bond donors (Lipinski definition) is 2. The van der Waals surface area contributed by atoms with Gasteiger partial charge in [-0.25, -0.2) is 4.79 Å². The third kappa shape index (κ3) is 4.56. The molecule has 2 rings (SSSR count). The summed E-state index contributed by atoms with van der Waals surface area (Å²) in [5, 5.41) is 11.9. The largest absolute Gasteiger partial charge is 0.478 e. The van der Waals surface area contributed by atoms with Gasteiger partial charge >= 0.3 is 5.97 Å². The summed E-state index contributed by atoms with van der Waals surface area (Å²) in [6.45, 7) is 3.14. The number of carboxylic acid groups (broad SMARTS) is 1. The lowest BCUT2D eigenvalue weighted by Crippen LogP contribution is -2.37. The SMILES string of the molecule is CC1CC(C(=O)NCCc2cccc(C(=O)O)c2)CCO1. The molecular weight excluding hydrogens is 270 g/mol. The Morgan fingerprint density at radius 2 is 2.24 bits per heavy atom. The summed E-state index contributed by atoms with van der Waals surface area (Å²) in [5.41, 5.74) is 1.19. The molecule has 5 heteroatoms. The van der Waals surface area contributed by atoms with E-state index in [2.05, 4.69) is 5.32 Å². The number of rotatable bonds is 5. The van der Waals surface area contributed by atoms with Crippen molar-refractivity contribution in [3.63, 3.8) is 0 Å². The topological polar surface area (TPSA) is 75.6 Å². The van der Waals surface area contributed by atoms with E-state index in [4.69, 9.17) is 9.84 Å². The van der Waals surface area contributed by atoms with Gasteiger partial charge in [0.25, 0.3) is 0 Å². The summed E-state index contributed by atoms with van der Waals surface area (Å²) in [7, 11) is 0. The van der Waals surface area contributed by atoms with E-state index in [1.165, 1.54) is 0 Å². The van der Waals surface area contributed by atoms with Gasteiger partial charge in [0.05, 0.1) is 11.7 Å². The Kier molecular flexibility index (Phi) is 5.33. The molecule has 0 aromatic heterocycles. The van der Waals surface area contributed by atoms with Gasteiger partial charge in [0.15, 0.2) is 0 Å². The van der Waals surface area contributed by atoms with Gasteiger partial charge in [-0.05, 0) is 43.9 Å². The first-order valence-electron chi connectivity index (χ1n) is 7.28. The Morgan fingerprint density at radius 1 is 1.43 bits per heavy atom. The van der Waals surface area contributed by atoms with Crippen LogP contribution in [0.1, 0.15) is 35.7 Å². The number of hydrogen-bond acceptors (Lipinski definition) is 3. The molecule has 1 amide bonds. The lowest BCUT2D eigenvalue weighted by molar-refractivity contribution is -0.129. The third-order valence-corrected chi connectivity index (χ3v) is 3.74. The second kappa shape index (κ2) is 7.22. The molecule has 1 fully saturated rings. The van der Waals surface area contributed by atoms with Crippen LogP contribution < -0.4 is 5.32 Å². The molecule has 1 heterocycles. The Balaban J connectivity index is 1.79. The average Bonchev–Trinajstić information content (AvgIpc) is 2.47. The van der Waals surface area contributed by atoms with E-state index >= 15 is 0 Å². The minimum Gasteiger partial charge on any atom is -0.478 e. The van der Waals surface area contributed by atoms with Crippen molar-refractivity contribution >= 4 is 11.9 Å². The van der Waals surface area contributed by atoms with Crippen LogP contribution >= 0.6 is 0 Å². The fraction of sp³-hybridized carbons (Fsp3) is 0.500. The predicted octanol–water partition coefficient (Wildman–Crippen LogP) is 1.86. The van der Waals surface area contributed by atoms with Gasteiger partial charge in [-0.15, -0.1) is 0 Å². The zero-order valence-electron chi connectivity index (χ0n) is 12.2. The molecule has 0 spiro atoms. The monoisotopic (exact) mass is 291 g/mol. The molecule has 0 saturated carbocycles. The number of nitrogens with one attached hydrogen (secondary N) is 1. The smallest absolute Gasteiger partial charge is 0.335 e. The fourth-order valence-electron chi connectivity index (χ4n) is 2.57. The van der Waals surface area contributed by atoms with Crippen LogP contribution in [0.2, 0.25) is 0 Å². The van der Waals surface area contributed by atoms with E-state index < -0.39 is 5.97 Å². The summed E-state index contributed by atoms with van der Waals surface area (Å²) in [6, 6.07) is 6.80. The molecule has 2 unspecified atom stereocenters. The van der Waals surface area contributed by atoms with Crippen molar-refractivity contribution in [2.45, 2.75) is 32.3 Å². The first-order valence-corrected chi connectivity index (χ1v) is 7.28. The second-order valence-corrected chi connectivity index (χ2v) is 5.45. The molecule has 2 atom stereocenters. The fourth-order valence-corrected chi connectivity index (χ4v) is 2.57. The Labute approximate surface area is 124 Å². The molecule has 1 aromatic carbocycles. The molecule has 1 aliphatic heterocycles. The number of benzene rings is 1. The Hall–Kier alpha value is -1.88. The first-order chi connectivity index (χ1) is 10.1. The maximum atomic E-state index is 12.0. The highest BCUT2D eigenvalue weighted by Crippen LogP contribution is 2.19. The molecule has 5 nitrogen and oxygen atoms in total. The number of carbonyl (C=O) groups excluding carboxylic acids is 1. The van der Waals surface area contributed by atoms with Crippen LogP contribution in [0.3, 0.4) is 0 Å². The van der Waals surface area contributed by atoms with Gasteiger partial charge in [0.2, 0.25) is 5.91 Å². The molecule has 2 N–H and O–H groups in total. The van der Waals surface area contributed by atoms with Crippen LogP contribution in [-0.4, -0.2) is 36.2 Å². The maximum absolute atomic E-state index is 12.0.